The highest BCUT2D eigenvalue weighted by atomic mass is 35.5. The maximum Gasteiger partial charge on any atom is 0.259 e. The van der Waals surface area contributed by atoms with Crippen molar-refractivity contribution >= 4 is 27.3 Å². The zero-order chi connectivity index (χ0) is 20.5. The summed E-state index contributed by atoms with van der Waals surface area (Å²) in [7, 11) is -3.03. The average molecular weight is 430 g/mol. The van der Waals surface area contributed by atoms with Crippen molar-refractivity contribution in [1.82, 2.24) is 15.0 Å². The van der Waals surface area contributed by atoms with E-state index in [9.17, 15) is 17.6 Å². The summed E-state index contributed by atoms with van der Waals surface area (Å²) < 4.78 is 42.1. The third-order valence-electron chi connectivity index (χ3n) is 4.71. The molecule has 1 aliphatic heterocycles. The van der Waals surface area contributed by atoms with Crippen LogP contribution in [-0.2, 0) is 9.84 Å². The number of benzene rings is 1. The lowest BCUT2D eigenvalue weighted by Gasteiger charge is -2.34. The molecule has 2 heterocycles. The van der Waals surface area contributed by atoms with Gasteiger partial charge in [0.1, 0.15) is 32.7 Å². The maximum absolute atomic E-state index is 14.3. The van der Waals surface area contributed by atoms with Gasteiger partial charge in [-0.05, 0) is 19.1 Å². The number of aryl methyl sites for hydroxylation is 1. The van der Waals surface area contributed by atoms with Crippen LogP contribution in [0.15, 0.2) is 22.7 Å². The van der Waals surface area contributed by atoms with Crippen molar-refractivity contribution in [3.63, 3.8) is 0 Å². The summed E-state index contributed by atoms with van der Waals surface area (Å²) in [5, 5.41) is 4.02. The first-order chi connectivity index (χ1) is 13.2. The number of rotatable bonds is 5. The number of nitrogens with zero attached hydrogens (tertiary/aromatic N) is 3. The maximum atomic E-state index is 14.3. The van der Waals surface area contributed by atoms with Gasteiger partial charge < -0.3 is 9.42 Å². The molecule has 3 rings (SSSR count). The Hall–Kier alpha value is -1.97. The van der Waals surface area contributed by atoms with E-state index in [4.69, 9.17) is 16.1 Å². The van der Waals surface area contributed by atoms with E-state index in [-0.39, 0.29) is 33.5 Å². The lowest BCUT2D eigenvalue weighted by atomic mass is 10.0. The number of halogens is 2. The highest BCUT2D eigenvalue weighted by Gasteiger charge is 2.30. The molecule has 0 bridgehead atoms. The summed E-state index contributed by atoms with van der Waals surface area (Å²) >= 11 is 6.12. The summed E-state index contributed by atoms with van der Waals surface area (Å²) in [6.07, 6.45) is 1.21. The normalized spacial score (nSPS) is 15.8. The van der Waals surface area contributed by atoms with E-state index in [2.05, 4.69) is 5.16 Å². The van der Waals surface area contributed by atoms with Gasteiger partial charge in [-0.3, -0.25) is 9.69 Å². The number of hydrogen-bond donors (Lipinski definition) is 0. The van der Waals surface area contributed by atoms with E-state index >= 15 is 0 Å². The van der Waals surface area contributed by atoms with Crippen molar-refractivity contribution in [2.75, 3.05) is 44.7 Å². The third kappa shape index (κ3) is 4.53. The molecule has 0 atom stereocenters. The number of carbonyl (C=O) groups is 1. The molecule has 1 saturated heterocycles. The van der Waals surface area contributed by atoms with Gasteiger partial charge in [0.15, 0.2) is 0 Å². The van der Waals surface area contributed by atoms with Crippen molar-refractivity contribution in [3.8, 4) is 11.3 Å². The molecule has 7 nitrogen and oxygen atoms in total. The van der Waals surface area contributed by atoms with Crippen LogP contribution in [0.3, 0.4) is 0 Å². The lowest BCUT2D eigenvalue weighted by molar-refractivity contribution is 0.0643. The second kappa shape index (κ2) is 8.18. The quantitative estimate of drug-likeness (QED) is 0.724. The summed E-state index contributed by atoms with van der Waals surface area (Å²) in [5.41, 5.74) is 0.317. The Labute approximate surface area is 168 Å². The molecule has 0 unspecified atom stereocenters. The Bertz CT molecular complexity index is 964. The number of amides is 1. The predicted molar refractivity (Wildman–Crippen MR) is 104 cm³/mol. The Morgan fingerprint density at radius 1 is 1.29 bits per heavy atom. The van der Waals surface area contributed by atoms with E-state index in [1.54, 1.807) is 11.8 Å². The molecule has 152 valence electrons. The van der Waals surface area contributed by atoms with Gasteiger partial charge in [-0.25, -0.2) is 12.8 Å². The molecular weight excluding hydrogens is 409 g/mol. The van der Waals surface area contributed by atoms with Gasteiger partial charge in [-0.2, -0.15) is 0 Å². The fraction of sp³-hybridized carbons (Fsp3) is 0.444. The van der Waals surface area contributed by atoms with Gasteiger partial charge in [0.25, 0.3) is 5.91 Å². The molecule has 2 aromatic rings. The second-order valence-electron chi connectivity index (χ2n) is 6.82. The molecule has 1 aromatic carbocycles. The predicted octanol–water partition coefficient (Wildman–Crippen LogP) is 2.24. The van der Waals surface area contributed by atoms with Crippen molar-refractivity contribution in [3.05, 3.63) is 40.4 Å². The van der Waals surface area contributed by atoms with Crippen LogP contribution in [0.25, 0.3) is 11.3 Å². The fourth-order valence-corrected chi connectivity index (χ4v) is 3.99. The molecule has 0 saturated carbocycles. The minimum atomic E-state index is -3.03. The summed E-state index contributed by atoms with van der Waals surface area (Å²) in [6.45, 7) is 4.00. The van der Waals surface area contributed by atoms with Gasteiger partial charge in [-0.15, -0.1) is 0 Å². The lowest BCUT2D eigenvalue weighted by Crippen LogP contribution is -2.49. The first kappa shape index (κ1) is 20.8. The van der Waals surface area contributed by atoms with Gasteiger partial charge in [0, 0.05) is 39.0 Å². The van der Waals surface area contributed by atoms with E-state index in [1.165, 1.54) is 24.5 Å². The zero-order valence-electron chi connectivity index (χ0n) is 15.6. The molecule has 10 heteroatoms. The topological polar surface area (TPSA) is 83.7 Å². The highest BCUT2D eigenvalue weighted by molar-refractivity contribution is 7.90. The van der Waals surface area contributed by atoms with Gasteiger partial charge in [-0.1, -0.05) is 22.8 Å². The van der Waals surface area contributed by atoms with Crippen LogP contribution in [0.4, 0.5) is 4.39 Å². The Morgan fingerprint density at radius 3 is 2.57 bits per heavy atom. The largest absolute Gasteiger partial charge is 0.360 e. The standard InChI is InChI=1S/C18H21ClFN3O4S/c1-12-15(17(21-27-12)16-13(19)4-3-5-14(16)20)18(24)23-8-6-22(7-9-23)10-11-28(2,25)26/h3-5H,6-11H2,1-2H3. The van der Waals surface area contributed by atoms with Gasteiger partial charge in [0.2, 0.25) is 0 Å². The summed E-state index contributed by atoms with van der Waals surface area (Å²) in [4.78, 5) is 16.7. The minimum absolute atomic E-state index is 0.0381. The van der Waals surface area contributed by atoms with Crippen LogP contribution in [-0.4, -0.2) is 74.0 Å². The number of piperazine rings is 1. The smallest absolute Gasteiger partial charge is 0.259 e. The van der Waals surface area contributed by atoms with Crippen LogP contribution < -0.4 is 0 Å². The van der Waals surface area contributed by atoms with E-state index in [0.29, 0.717) is 38.5 Å². The van der Waals surface area contributed by atoms with Crippen LogP contribution >= 0.6 is 11.6 Å². The number of carbonyl (C=O) groups excluding carboxylic acids is 1. The fourth-order valence-electron chi connectivity index (χ4n) is 3.15. The summed E-state index contributed by atoms with van der Waals surface area (Å²) in [5.74, 6) is -0.517. The van der Waals surface area contributed by atoms with Crippen molar-refractivity contribution in [2.24, 2.45) is 0 Å². The number of hydrogen-bond acceptors (Lipinski definition) is 6. The molecule has 0 aliphatic carbocycles. The van der Waals surface area contributed by atoms with E-state index in [1.807, 2.05) is 4.90 Å². The molecule has 0 N–H and O–H groups in total. The molecular formula is C18H21ClFN3O4S. The SMILES string of the molecule is Cc1onc(-c2c(F)cccc2Cl)c1C(=O)N1CCN(CCS(C)(=O)=O)CC1. The molecule has 0 radical (unpaired) electrons. The molecule has 1 amide bonds. The molecule has 0 spiro atoms. The minimum Gasteiger partial charge on any atom is -0.360 e. The van der Waals surface area contributed by atoms with E-state index < -0.39 is 15.7 Å². The van der Waals surface area contributed by atoms with Crippen LogP contribution in [0.5, 0.6) is 0 Å². The monoisotopic (exact) mass is 429 g/mol. The third-order valence-corrected chi connectivity index (χ3v) is 5.95. The van der Waals surface area contributed by atoms with Gasteiger partial charge >= 0.3 is 0 Å². The molecule has 1 aliphatic rings. The van der Waals surface area contributed by atoms with Crippen molar-refractivity contribution in [1.29, 1.82) is 0 Å². The Morgan fingerprint density at radius 2 is 1.96 bits per heavy atom. The highest BCUT2D eigenvalue weighted by Crippen LogP contribution is 2.34. The Kier molecular flexibility index (Phi) is 6.07. The van der Waals surface area contributed by atoms with Gasteiger partial charge in [0.05, 0.1) is 16.3 Å². The second-order valence-corrected chi connectivity index (χ2v) is 9.49. The van der Waals surface area contributed by atoms with Crippen LogP contribution in [0.1, 0.15) is 16.1 Å². The van der Waals surface area contributed by atoms with E-state index in [0.717, 1.165) is 0 Å². The first-order valence-electron chi connectivity index (χ1n) is 8.77. The molecule has 1 fully saturated rings. The molecule has 28 heavy (non-hydrogen) atoms. The average Bonchev–Trinajstić information content (AvgIpc) is 3.00. The Balaban J connectivity index is 1.77. The van der Waals surface area contributed by atoms with Crippen molar-refractivity contribution in [2.45, 2.75) is 6.92 Å². The number of sulfone groups is 1. The van der Waals surface area contributed by atoms with Crippen LogP contribution in [0.2, 0.25) is 5.02 Å². The number of aromatic nitrogens is 1. The summed E-state index contributed by atoms with van der Waals surface area (Å²) in [6, 6.07) is 4.25. The molecule has 1 aromatic heterocycles. The zero-order valence-corrected chi connectivity index (χ0v) is 17.2. The van der Waals surface area contributed by atoms with Crippen molar-refractivity contribution < 1.29 is 22.1 Å². The van der Waals surface area contributed by atoms with Crippen LogP contribution in [0, 0.1) is 12.7 Å². The first-order valence-corrected chi connectivity index (χ1v) is 11.2.